The Balaban J connectivity index is 1.56. The van der Waals surface area contributed by atoms with Crippen molar-refractivity contribution in [3.8, 4) is 0 Å². The van der Waals surface area contributed by atoms with Crippen molar-refractivity contribution in [1.82, 2.24) is 9.55 Å². The molecular weight excluding hydrogens is 487 g/mol. The number of alkyl halides is 1. The van der Waals surface area contributed by atoms with Crippen molar-refractivity contribution in [3.05, 3.63) is 94.3 Å². The highest BCUT2D eigenvalue weighted by atomic mass is 19.1. The Morgan fingerprint density at radius 1 is 1.08 bits per heavy atom. The van der Waals surface area contributed by atoms with Crippen LogP contribution in [0.15, 0.2) is 72.1 Å². The number of carbonyl (C=O) groups excluding carboxylic acids is 3. The van der Waals surface area contributed by atoms with Crippen LogP contribution in [-0.2, 0) is 14.2 Å². The van der Waals surface area contributed by atoms with Gasteiger partial charge in [-0.3, -0.25) is 9.36 Å². The first-order valence-electron chi connectivity index (χ1n) is 11.0. The topological polar surface area (TPSA) is 172 Å². The number of aromatic nitrogens is 2. The average Bonchev–Trinajstić information content (AvgIpc) is 3.45. The van der Waals surface area contributed by atoms with Crippen LogP contribution in [0.4, 0.5) is 10.2 Å². The molecule has 12 nitrogen and oxygen atoms in total. The third kappa shape index (κ3) is 5.58. The number of azide groups is 1. The number of nitrogens with two attached hydrogens (primary N) is 1. The molecule has 2 aromatic carbocycles. The van der Waals surface area contributed by atoms with Crippen LogP contribution in [0.3, 0.4) is 0 Å². The molecule has 2 heterocycles. The van der Waals surface area contributed by atoms with Gasteiger partial charge >= 0.3 is 11.9 Å². The molecule has 1 aromatic heterocycles. The normalized spacial score (nSPS) is 20.6. The van der Waals surface area contributed by atoms with E-state index in [4.69, 9.17) is 25.5 Å². The average molecular weight is 508 g/mol. The Bertz CT molecular complexity index is 1330. The highest BCUT2D eigenvalue weighted by Gasteiger charge is 2.50. The lowest BCUT2D eigenvalue weighted by molar-refractivity contribution is -0.0574. The fourth-order valence-electron chi connectivity index (χ4n) is 3.73. The third-order valence-electron chi connectivity index (χ3n) is 5.56. The molecule has 13 heteroatoms. The summed E-state index contributed by atoms with van der Waals surface area (Å²) in [6.07, 6.45) is -5.02. The van der Waals surface area contributed by atoms with Crippen LogP contribution in [0.25, 0.3) is 10.4 Å². The van der Waals surface area contributed by atoms with E-state index in [0.29, 0.717) is 0 Å². The molecule has 190 valence electrons. The van der Waals surface area contributed by atoms with Crippen LogP contribution < -0.4 is 5.73 Å². The zero-order chi connectivity index (χ0) is 26.4. The van der Waals surface area contributed by atoms with Gasteiger partial charge in [-0.05, 0) is 29.8 Å². The number of halogens is 1. The van der Waals surface area contributed by atoms with Crippen molar-refractivity contribution in [1.29, 1.82) is 0 Å². The second kappa shape index (κ2) is 11.3. The van der Waals surface area contributed by atoms with Crippen molar-refractivity contribution >= 4 is 23.5 Å². The molecule has 0 spiro atoms. The van der Waals surface area contributed by atoms with Crippen molar-refractivity contribution in [2.75, 3.05) is 18.9 Å². The molecule has 1 fully saturated rings. The largest absolute Gasteiger partial charge is 0.459 e. The molecule has 0 amide bonds. The minimum absolute atomic E-state index is 0.186. The summed E-state index contributed by atoms with van der Waals surface area (Å²) in [5, 5.41) is 3.18. The van der Waals surface area contributed by atoms with Gasteiger partial charge in [-0.25, -0.2) is 19.0 Å². The molecule has 0 radical (unpaired) electrons. The molecule has 4 atom stereocenters. The van der Waals surface area contributed by atoms with Crippen molar-refractivity contribution in [2.24, 2.45) is 5.11 Å². The van der Waals surface area contributed by atoms with E-state index in [9.17, 15) is 14.4 Å². The van der Waals surface area contributed by atoms with Crippen molar-refractivity contribution in [2.45, 2.75) is 24.6 Å². The zero-order valence-corrected chi connectivity index (χ0v) is 19.2. The number of ether oxygens (including phenoxy) is 3. The fraction of sp³-hybridized carbons (Fsp3) is 0.250. The molecular formula is C24H21FN6O6. The molecule has 37 heavy (non-hydrogen) atoms. The number of nitrogen functional groups attached to an aromatic ring is 1. The van der Waals surface area contributed by atoms with E-state index in [1.54, 1.807) is 48.5 Å². The van der Waals surface area contributed by atoms with Gasteiger partial charge in [-0.2, -0.15) is 0 Å². The summed E-state index contributed by atoms with van der Waals surface area (Å²) in [5.41, 5.74) is 14.6. The van der Waals surface area contributed by atoms with Gasteiger partial charge in [-0.15, -0.1) is 0 Å². The Kier molecular flexibility index (Phi) is 7.77. The highest BCUT2D eigenvalue weighted by Crippen LogP contribution is 2.36. The molecule has 1 aliphatic rings. The van der Waals surface area contributed by atoms with Gasteiger partial charge in [0.2, 0.25) is 0 Å². The summed E-state index contributed by atoms with van der Waals surface area (Å²) >= 11 is 0. The fourth-order valence-corrected chi connectivity index (χ4v) is 3.73. The molecule has 0 saturated carbocycles. The SMILES string of the molecule is [N-]=[N+]=NCC(=O)c1ncn([C@@H]2O[C@H](COC(=O)c3ccccc3)[C@@H](OC(=O)c3ccccc3)[C@@H]2F)c1N. The van der Waals surface area contributed by atoms with Crippen molar-refractivity contribution < 1.29 is 33.0 Å². The highest BCUT2D eigenvalue weighted by molar-refractivity contribution is 5.99. The summed E-state index contributed by atoms with van der Waals surface area (Å²) in [6.45, 7) is -0.966. The molecule has 0 unspecified atom stereocenters. The van der Waals surface area contributed by atoms with Gasteiger partial charge in [0.15, 0.2) is 24.3 Å². The van der Waals surface area contributed by atoms with Crippen LogP contribution >= 0.6 is 0 Å². The maximum absolute atomic E-state index is 15.7. The maximum atomic E-state index is 15.7. The number of nitrogens with zero attached hydrogens (tertiary/aromatic N) is 5. The number of carbonyl (C=O) groups is 3. The number of benzene rings is 2. The summed E-state index contributed by atoms with van der Waals surface area (Å²) in [4.78, 5) is 43.7. The van der Waals surface area contributed by atoms with E-state index in [0.717, 1.165) is 10.9 Å². The predicted octanol–water partition coefficient (Wildman–Crippen LogP) is 3.28. The minimum Gasteiger partial charge on any atom is -0.459 e. The van der Waals surface area contributed by atoms with E-state index < -0.39 is 55.5 Å². The zero-order valence-electron chi connectivity index (χ0n) is 19.2. The number of hydrogen-bond donors (Lipinski definition) is 1. The second-order valence-electron chi connectivity index (χ2n) is 7.91. The van der Waals surface area contributed by atoms with Gasteiger partial charge in [0, 0.05) is 4.91 Å². The van der Waals surface area contributed by atoms with E-state index in [-0.39, 0.29) is 22.6 Å². The molecule has 3 aromatic rings. The summed E-state index contributed by atoms with van der Waals surface area (Å²) in [7, 11) is 0. The first-order chi connectivity index (χ1) is 17.9. The van der Waals surface area contributed by atoms with E-state index >= 15 is 4.39 Å². The first kappa shape index (κ1) is 25.4. The van der Waals surface area contributed by atoms with Gasteiger partial charge in [0.25, 0.3) is 0 Å². The molecule has 0 aliphatic carbocycles. The first-order valence-corrected chi connectivity index (χ1v) is 11.0. The van der Waals surface area contributed by atoms with Gasteiger partial charge in [0.1, 0.15) is 24.2 Å². The summed E-state index contributed by atoms with van der Waals surface area (Å²) in [6, 6.07) is 16.1. The lowest BCUT2D eigenvalue weighted by Crippen LogP contribution is -2.37. The number of hydrogen-bond acceptors (Lipinski definition) is 9. The quantitative estimate of drug-likeness (QED) is 0.151. The van der Waals surface area contributed by atoms with Crippen LogP contribution in [-0.4, -0.2) is 58.8 Å². The predicted molar refractivity (Wildman–Crippen MR) is 126 cm³/mol. The molecule has 1 saturated heterocycles. The monoisotopic (exact) mass is 508 g/mol. The second-order valence-corrected chi connectivity index (χ2v) is 7.91. The standard InChI is InChI=1S/C24H21FN6O6/c25-18-20(37-24(34)15-9-5-2-6-10-15)17(12-35-23(33)14-7-3-1-4-8-14)36-22(18)31-13-28-19(21(31)26)16(32)11-29-30-27/h1-10,13,17-18,20,22H,11-12,26H2/t17-,18+,20-,22-/m1/s1. The number of Topliss-reactive ketones (excluding diaryl/α,β-unsaturated/α-hetero) is 1. The smallest absolute Gasteiger partial charge is 0.338 e. The number of imidazole rings is 1. The molecule has 0 bridgehead atoms. The Morgan fingerprint density at radius 3 is 2.32 bits per heavy atom. The van der Waals surface area contributed by atoms with E-state index in [1.807, 2.05) is 0 Å². The molecule has 1 aliphatic heterocycles. The number of esters is 2. The Labute approximate surface area is 209 Å². The lowest BCUT2D eigenvalue weighted by Gasteiger charge is -2.19. The van der Waals surface area contributed by atoms with E-state index in [1.165, 1.54) is 12.1 Å². The summed E-state index contributed by atoms with van der Waals surface area (Å²) in [5.74, 6) is -2.39. The molecule has 4 rings (SSSR count). The van der Waals surface area contributed by atoms with Gasteiger partial charge < -0.3 is 19.9 Å². The van der Waals surface area contributed by atoms with Crippen LogP contribution in [0.5, 0.6) is 0 Å². The van der Waals surface area contributed by atoms with Gasteiger partial charge in [-0.1, -0.05) is 41.5 Å². The van der Waals surface area contributed by atoms with E-state index in [2.05, 4.69) is 15.0 Å². The Hall–Kier alpha value is -4.74. The summed E-state index contributed by atoms with van der Waals surface area (Å²) < 4.78 is 33.3. The van der Waals surface area contributed by atoms with Crippen LogP contribution in [0, 0.1) is 0 Å². The lowest BCUT2D eigenvalue weighted by atomic mass is 10.1. The third-order valence-corrected chi connectivity index (χ3v) is 5.56. The number of anilines is 1. The van der Waals surface area contributed by atoms with Crippen LogP contribution in [0.1, 0.15) is 37.4 Å². The maximum Gasteiger partial charge on any atom is 0.338 e. The van der Waals surface area contributed by atoms with Crippen molar-refractivity contribution in [3.63, 3.8) is 0 Å². The molecule has 2 N–H and O–H groups in total. The Morgan fingerprint density at radius 2 is 1.70 bits per heavy atom. The number of ketones is 1. The minimum atomic E-state index is -1.97. The van der Waals surface area contributed by atoms with Crippen LogP contribution in [0.2, 0.25) is 0 Å². The number of rotatable bonds is 9. The van der Waals surface area contributed by atoms with Gasteiger partial charge in [0.05, 0.1) is 24.0 Å².